The maximum Gasteiger partial charge on any atom is 0.242 e. The number of rotatable bonds is 7. The summed E-state index contributed by atoms with van der Waals surface area (Å²) in [4.78, 5) is 26.9. The van der Waals surface area contributed by atoms with Crippen LogP contribution in [-0.2, 0) is 28.0 Å². The maximum atomic E-state index is 13.1. The van der Waals surface area contributed by atoms with Gasteiger partial charge < -0.3 is 10.2 Å². The average molecular weight is 449 g/mol. The summed E-state index contributed by atoms with van der Waals surface area (Å²) < 4.78 is 0. The van der Waals surface area contributed by atoms with Gasteiger partial charge in [-0.1, -0.05) is 74.3 Å². The molecule has 4 nitrogen and oxygen atoms in total. The zero-order valence-electron chi connectivity index (χ0n) is 18.3. The van der Waals surface area contributed by atoms with E-state index in [1.165, 1.54) is 5.56 Å². The molecule has 0 aliphatic rings. The standard InChI is InChI=1S/C24H30Cl2N2O2/c1-16(23(30)27-5)28(15-18-9-12-20(25)14-21(18)26)22(29)13-8-17-6-10-19(11-7-17)24(2,3)4/h6-7,9-12,14,16H,8,13,15H2,1-5H3,(H,27,30). The number of nitrogens with one attached hydrogen (secondary N) is 1. The summed E-state index contributed by atoms with van der Waals surface area (Å²) >= 11 is 12.3. The van der Waals surface area contributed by atoms with Crippen LogP contribution in [0.4, 0.5) is 0 Å². The summed E-state index contributed by atoms with van der Waals surface area (Å²) in [6.45, 7) is 8.48. The van der Waals surface area contributed by atoms with Gasteiger partial charge in [-0.15, -0.1) is 0 Å². The number of aryl methyl sites for hydroxylation is 1. The number of amides is 2. The van der Waals surface area contributed by atoms with Gasteiger partial charge in [0.2, 0.25) is 11.8 Å². The molecule has 1 atom stereocenters. The van der Waals surface area contributed by atoms with Crippen LogP contribution in [0.1, 0.15) is 50.8 Å². The molecule has 1 N–H and O–H groups in total. The minimum atomic E-state index is -0.613. The molecule has 2 aromatic rings. The largest absolute Gasteiger partial charge is 0.357 e. The maximum absolute atomic E-state index is 13.1. The minimum Gasteiger partial charge on any atom is -0.357 e. The van der Waals surface area contributed by atoms with Crippen LogP contribution in [0.15, 0.2) is 42.5 Å². The van der Waals surface area contributed by atoms with Crippen LogP contribution in [0.5, 0.6) is 0 Å². The van der Waals surface area contributed by atoms with Crippen molar-refractivity contribution in [1.82, 2.24) is 10.2 Å². The van der Waals surface area contributed by atoms with Crippen molar-refractivity contribution in [1.29, 1.82) is 0 Å². The molecule has 0 saturated carbocycles. The Bertz CT molecular complexity index is 889. The van der Waals surface area contributed by atoms with Gasteiger partial charge in [-0.2, -0.15) is 0 Å². The monoisotopic (exact) mass is 448 g/mol. The SMILES string of the molecule is CNC(=O)C(C)N(Cc1ccc(Cl)cc1Cl)C(=O)CCc1ccc(C(C)(C)C)cc1. The van der Waals surface area contributed by atoms with E-state index in [4.69, 9.17) is 23.2 Å². The summed E-state index contributed by atoms with van der Waals surface area (Å²) in [6, 6.07) is 12.9. The second-order valence-corrected chi connectivity index (χ2v) is 9.34. The van der Waals surface area contributed by atoms with Crippen LogP contribution >= 0.6 is 23.2 Å². The molecular weight excluding hydrogens is 419 g/mol. The highest BCUT2D eigenvalue weighted by Gasteiger charge is 2.26. The van der Waals surface area contributed by atoms with Gasteiger partial charge in [-0.25, -0.2) is 0 Å². The molecule has 0 aliphatic heterocycles. The molecule has 0 radical (unpaired) electrons. The molecule has 2 rings (SSSR count). The van der Waals surface area contributed by atoms with Crippen molar-refractivity contribution in [3.8, 4) is 0 Å². The van der Waals surface area contributed by atoms with E-state index < -0.39 is 6.04 Å². The smallest absolute Gasteiger partial charge is 0.242 e. The zero-order chi connectivity index (χ0) is 22.5. The van der Waals surface area contributed by atoms with Crippen molar-refractivity contribution in [3.05, 3.63) is 69.2 Å². The Kier molecular flexibility index (Phi) is 8.34. The summed E-state index contributed by atoms with van der Waals surface area (Å²) in [5.74, 6) is -0.319. The van der Waals surface area contributed by atoms with E-state index in [-0.39, 0.29) is 23.8 Å². The minimum absolute atomic E-state index is 0.0892. The van der Waals surface area contributed by atoms with Gasteiger partial charge >= 0.3 is 0 Å². The lowest BCUT2D eigenvalue weighted by atomic mass is 9.86. The molecule has 30 heavy (non-hydrogen) atoms. The molecule has 6 heteroatoms. The van der Waals surface area contributed by atoms with Crippen LogP contribution in [-0.4, -0.2) is 29.8 Å². The molecule has 0 saturated heterocycles. The van der Waals surface area contributed by atoms with Crippen molar-refractivity contribution in [3.63, 3.8) is 0 Å². The number of hydrogen-bond donors (Lipinski definition) is 1. The fourth-order valence-electron chi connectivity index (χ4n) is 3.19. The summed E-state index contributed by atoms with van der Waals surface area (Å²) in [6.07, 6.45) is 0.913. The number of likely N-dealkylation sites (N-methyl/N-ethyl adjacent to an activating group) is 1. The van der Waals surface area contributed by atoms with Crippen LogP contribution in [0, 0.1) is 0 Å². The molecule has 0 bridgehead atoms. The molecule has 2 aromatic carbocycles. The molecule has 162 valence electrons. The van der Waals surface area contributed by atoms with Crippen molar-refractivity contribution < 1.29 is 9.59 Å². The Morgan fingerprint density at radius 1 is 1.07 bits per heavy atom. The fraction of sp³-hybridized carbons (Fsp3) is 0.417. The van der Waals surface area contributed by atoms with Gasteiger partial charge in [0.1, 0.15) is 6.04 Å². The quantitative estimate of drug-likeness (QED) is 0.617. The zero-order valence-corrected chi connectivity index (χ0v) is 19.8. The molecule has 0 aliphatic carbocycles. The Morgan fingerprint density at radius 2 is 1.70 bits per heavy atom. The Labute approximate surface area is 189 Å². The lowest BCUT2D eigenvalue weighted by Gasteiger charge is -2.29. The lowest BCUT2D eigenvalue weighted by molar-refractivity contribution is -0.140. The van der Waals surface area contributed by atoms with E-state index >= 15 is 0 Å². The molecular formula is C24H30Cl2N2O2. The second kappa shape index (κ2) is 10.3. The number of hydrogen-bond acceptors (Lipinski definition) is 2. The third kappa shape index (κ3) is 6.48. The van der Waals surface area contributed by atoms with Crippen molar-refractivity contribution in [2.24, 2.45) is 0 Å². The predicted octanol–water partition coefficient (Wildman–Crippen LogP) is 5.39. The van der Waals surface area contributed by atoms with E-state index in [9.17, 15) is 9.59 Å². The number of carbonyl (C=O) groups excluding carboxylic acids is 2. The number of carbonyl (C=O) groups is 2. The van der Waals surface area contributed by atoms with Gasteiger partial charge in [0.05, 0.1) is 0 Å². The van der Waals surface area contributed by atoms with E-state index in [1.807, 2.05) is 0 Å². The normalized spacial score (nSPS) is 12.4. The van der Waals surface area contributed by atoms with Crippen molar-refractivity contribution in [2.75, 3.05) is 7.05 Å². The third-order valence-electron chi connectivity index (χ3n) is 5.22. The first kappa shape index (κ1) is 24.2. The second-order valence-electron chi connectivity index (χ2n) is 8.49. The van der Waals surface area contributed by atoms with Gasteiger partial charge in [-0.3, -0.25) is 9.59 Å². The number of halogens is 2. The highest BCUT2D eigenvalue weighted by atomic mass is 35.5. The van der Waals surface area contributed by atoms with E-state index in [1.54, 1.807) is 37.1 Å². The Morgan fingerprint density at radius 3 is 2.23 bits per heavy atom. The van der Waals surface area contributed by atoms with Crippen LogP contribution in [0.25, 0.3) is 0 Å². The summed E-state index contributed by atoms with van der Waals surface area (Å²) in [5.41, 5.74) is 3.18. The first-order valence-electron chi connectivity index (χ1n) is 10.1. The summed E-state index contributed by atoms with van der Waals surface area (Å²) in [5, 5.41) is 3.62. The van der Waals surface area contributed by atoms with E-state index in [0.29, 0.717) is 22.9 Å². The molecule has 2 amide bonds. The molecule has 0 fully saturated rings. The molecule has 1 unspecified atom stereocenters. The average Bonchev–Trinajstić information content (AvgIpc) is 2.70. The van der Waals surface area contributed by atoms with Crippen LogP contribution in [0.3, 0.4) is 0 Å². The van der Waals surface area contributed by atoms with Crippen molar-refractivity contribution >= 4 is 35.0 Å². The fourth-order valence-corrected chi connectivity index (χ4v) is 3.66. The first-order valence-corrected chi connectivity index (χ1v) is 10.8. The lowest BCUT2D eigenvalue weighted by Crippen LogP contribution is -2.46. The van der Waals surface area contributed by atoms with Crippen molar-refractivity contribution in [2.45, 2.75) is 58.5 Å². The van der Waals surface area contributed by atoms with Crippen LogP contribution < -0.4 is 5.32 Å². The predicted molar refractivity (Wildman–Crippen MR) is 124 cm³/mol. The Balaban J connectivity index is 2.15. The molecule has 0 spiro atoms. The highest BCUT2D eigenvalue weighted by Crippen LogP contribution is 2.25. The molecule has 0 aromatic heterocycles. The van der Waals surface area contributed by atoms with E-state index in [2.05, 4.69) is 50.4 Å². The number of benzene rings is 2. The van der Waals surface area contributed by atoms with Gasteiger partial charge in [-0.05, 0) is 47.6 Å². The molecule has 0 heterocycles. The van der Waals surface area contributed by atoms with Gasteiger partial charge in [0.15, 0.2) is 0 Å². The van der Waals surface area contributed by atoms with Crippen LogP contribution in [0.2, 0.25) is 10.0 Å². The third-order valence-corrected chi connectivity index (χ3v) is 5.80. The Hall–Kier alpha value is -2.04. The van der Waals surface area contributed by atoms with Gasteiger partial charge in [0.25, 0.3) is 0 Å². The van der Waals surface area contributed by atoms with E-state index in [0.717, 1.165) is 11.1 Å². The first-order chi connectivity index (χ1) is 14.0. The highest BCUT2D eigenvalue weighted by molar-refractivity contribution is 6.35. The van der Waals surface area contributed by atoms with Gasteiger partial charge in [0, 0.05) is 30.1 Å². The number of nitrogens with zero attached hydrogens (tertiary/aromatic N) is 1. The topological polar surface area (TPSA) is 49.4 Å². The summed E-state index contributed by atoms with van der Waals surface area (Å²) in [7, 11) is 1.56.